The molecule has 0 radical (unpaired) electrons. The number of amides is 1. The van der Waals surface area contributed by atoms with Crippen molar-refractivity contribution in [3.05, 3.63) is 101 Å². The van der Waals surface area contributed by atoms with Crippen molar-refractivity contribution in [3.63, 3.8) is 0 Å². The second-order valence-corrected chi connectivity index (χ2v) is 11.3. The molecule has 1 amide bonds. The Kier molecular flexibility index (Phi) is 6.90. The molecule has 3 aromatic carbocycles. The predicted octanol–water partition coefficient (Wildman–Crippen LogP) is 6.58. The Bertz CT molecular complexity index is 1190. The molecule has 1 heterocycles. The van der Waals surface area contributed by atoms with E-state index in [0.29, 0.717) is 12.5 Å². The highest BCUT2D eigenvalue weighted by Crippen LogP contribution is 2.50. The molecule has 0 aromatic heterocycles. The first-order chi connectivity index (χ1) is 17.4. The highest BCUT2D eigenvalue weighted by molar-refractivity contribution is 5.84. The topological polar surface area (TPSA) is 41.6 Å². The second kappa shape index (κ2) is 10.1. The fraction of sp³-hybridized carbons (Fsp3) is 0.406. The summed E-state index contributed by atoms with van der Waals surface area (Å²) in [5.74, 6) is 1.57. The molecule has 1 N–H and O–H groups in total. The van der Waals surface area contributed by atoms with Gasteiger partial charge in [-0.3, -0.25) is 10.1 Å². The number of benzene rings is 3. The molecule has 4 heteroatoms. The minimum atomic E-state index is 0.00253. The van der Waals surface area contributed by atoms with Gasteiger partial charge in [0, 0.05) is 18.0 Å². The Labute approximate surface area is 215 Å². The lowest BCUT2D eigenvalue weighted by Gasteiger charge is -2.32. The smallest absolute Gasteiger partial charge is 0.228 e. The van der Waals surface area contributed by atoms with Gasteiger partial charge < -0.3 is 9.64 Å². The van der Waals surface area contributed by atoms with Crippen molar-refractivity contribution in [3.8, 4) is 5.75 Å². The third kappa shape index (κ3) is 5.05. The van der Waals surface area contributed by atoms with Gasteiger partial charge in [-0.25, -0.2) is 0 Å². The molecule has 4 atom stereocenters. The zero-order valence-corrected chi connectivity index (χ0v) is 21.9. The lowest BCUT2D eigenvalue weighted by atomic mass is 9.86. The van der Waals surface area contributed by atoms with E-state index < -0.39 is 0 Å². The van der Waals surface area contributed by atoms with Crippen LogP contribution in [0, 0.1) is 5.92 Å². The third-order valence-corrected chi connectivity index (χ3v) is 7.83. The summed E-state index contributed by atoms with van der Waals surface area (Å²) in [6.07, 6.45) is 2.85. The lowest BCUT2D eigenvalue weighted by Crippen LogP contribution is -2.46. The molecule has 188 valence electrons. The van der Waals surface area contributed by atoms with Gasteiger partial charge in [-0.15, -0.1) is 0 Å². The molecule has 2 fully saturated rings. The van der Waals surface area contributed by atoms with Crippen LogP contribution in [0.3, 0.4) is 0 Å². The van der Waals surface area contributed by atoms with Gasteiger partial charge in [0.25, 0.3) is 0 Å². The number of nitrogens with one attached hydrogen (secondary N) is 1. The molecule has 4 unspecified atom stereocenters. The van der Waals surface area contributed by atoms with Crippen molar-refractivity contribution in [2.45, 2.75) is 70.1 Å². The summed E-state index contributed by atoms with van der Waals surface area (Å²) in [6.45, 7) is 7.35. The van der Waals surface area contributed by atoms with Gasteiger partial charge in [-0.2, -0.15) is 0 Å². The summed E-state index contributed by atoms with van der Waals surface area (Å²) in [7, 11) is 1.73. The number of hydrogen-bond acceptors (Lipinski definition) is 3. The maximum Gasteiger partial charge on any atom is 0.228 e. The Morgan fingerprint density at radius 3 is 2.25 bits per heavy atom. The quantitative estimate of drug-likeness (QED) is 0.414. The lowest BCUT2D eigenvalue weighted by molar-refractivity contribution is -0.136. The van der Waals surface area contributed by atoms with Gasteiger partial charge in [0.2, 0.25) is 5.91 Å². The van der Waals surface area contributed by atoms with Gasteiger partial charge in [0.05, 0.1) is 19.3 Å². The minimum Gasteiger partial charge on any atom is -0.496 e. The van der Waals surface area contributed by atoms with Crippen LogP contribution in [0.2, 0.25) is 0 Å². The first-order valence-electron chi connectivity index (χ1n) is 13.2. The summed E-state index contributed by atoms with van der Waals surface area (Å²) in [6, 6.07) is 27.6. The normalized spacial score (nSPS) is 23.5. The Morgan fingerprint density at radius 1 is 0.944 bits per heavy atom. The molecular weight excluding hydrogens is 444 g/mol. The maximum absolute atomic E-state index is 14.0. The monoisotopic (exact) mass is 482 g/mol. The number of carbonyl (C=O) groups is 1. The van der Waals surface area contributed by atoms with E-state index in [1.165, 1.54) is 16.7 Å². The fourth-order valence-corrected chi connectivity index (χ4v) is 5.66. The zero-order chi connectivity index (χ0) is 25.3. The number of methoxy groups -OCH3 is 1. The van der Waals surface area contributed by atoms with E-state index in [1.54, 1.807) is 7.11 Å². The SMILES string of the molecule is COc1ccc(C(C)(C)C)cc1CNC1CCC(c2ccccc2)N1C(=O)C1CC1c1ccccc1. The van der Waals surface area contributed by atoms with E-state index in [2.05, 4.69) is 97.7 Å². The van der Waals surface area contributed by atoms with Gasteiger partial charge in [-0.05, 0) is 53.4 Å². The summed E-state index contributed by atoms with van der Waals surface area (Å²) in [5, 5.41) is 3.74. The summed E-state index contributed by atoms with van der Waals surface area (Å²) in [4.78, 5) is 16.1. The summed E-state index contributed by atoms with van der Waals surface area (Å²) >= 11 is 0. The van der Waals surface area contributed by atoms with Crippen LogP contribution in [0.4, 0.5) is 0 Å². The van der Waals surface area contributed by atoms with Crippen molar-refractivity contribution < 1.29 is 9.53 Å². The number of hydrogen-bond donors (Lipinski definition) is 1. The molecule has 36 heavy (non-hydrogen) atoms. The highest BCUT2D eigenvalue weighted by atomic mass is 16.5. The van der Waals surface area contributed by atoms with E-state index in [4.69, 9.17) is 4.74 Å². The van der Waals surface area contributed by atoms with Gasteiger partial charge in [-0.1, -0.05) is 93.6 Å². The molecular formula is C32H38N2O2. The predicted molar refractivity (Wildman–Crippen MR) is 145 cm³/mol. The van der Waals surface area contributed by atoms with Crippen molar-refractivity contribution in [1.29, 1.82) is 0 Å². The molecule has 2 aliphatic rings. The molecule has 3 aromatic rings. The van der Waals surface area contributed by atoms with Crippen LogP contribution in [-0.4, -0.2) is 24.1 Å². The summed E-state index contributed by atoms with van der Waals surface area (Å²) in [5.41, 5.74) is 4.98. The third-order valence-electron chi connectivity index (χ3n) is 7.83. The largest absolute Gasteiger partial charge is 0.496 e. The standard InChI is InChI=1S/C32H38N2O2/c1-32(2,3)25-15-17-29(36-4)24(19-25)21-33-30-18-16-28(23-13-9-6-10-14-23)34(30)31(35)27-20-26(27)22-11-7-5-8-12-22/h5-15,17,19,26-28,30,33H,16,18,20-21H2,1-4H3. The second-order valence-electron chi connectivity index (χ2n) is 11.3. The average Bonchev–Trinajstić information content (AvgIpc) is 3.59. The first-order valence-corrected chi connectivity index (χ1v) is 13.2. The van der Waals surface area contributed by atoms with Gasteiger partial charge in [0.15, 0.2) is 0 Å². The minimum absolute atomic E-state index is 0.00253. The Hall–Kier alpha value is -3.11. The van der Waals surface area contributed by atoms with Crippen LogP contribution in [0.5, 0.6) is 5.75 Å². The number of ether oxygens (including phenoxy) is 1. The Balaban J connectivity index is 1.37. The number of likely N-dealkylation sites (tertiary alicyclic amines) is 1. The van der Waals surface area contributed by atoms with Gasteiger partial charge >= 0.3 is 0 Å². The van der Waals surface area contributed by atoms with Crippen LogP contribution in [0.15, 0.2) is 78.9 Å². The molecule has 1 saturated carbocycles. The van der Waals surface area contributed by atoms with Crippen LogP contribution in [0.25, 0.3) is 0 Å². The van der Waals surface area contributed by atoms with Crippen molar-refractivity contribution in [2.75, 3.05) is 7.11 Å². The molecule has 0 bridgehead atoms. The van der Waals surface area contributed by atoms with E-state index in [-0.39, 0.29) is 29.4 Å². The maximum atomic E-state index is 14.0. The van der Waals surface area contributed by atoms with E-state index in [9.17, 15) is 4.79 Å². The number of rotatable bonds is 7. The zero-order valence-electron chi connectivity index (χ0n) is 21.9. The van der Waals surface area contributed by atoms with Crippen LogP contribution >= 0.6 is 0 Å². The highest BCUT2D eigenvalue weighted by Gasteiger charge is 2.49. The van der Waals surface area contributed by atoms with E-state index in [0.717, 1.165) is 30.6 Å². The number of nitrogens with zero attached hydrogens (tertiary/aromatic N) is 1. The first kappa shape index (κ1) is 24.6. The average molecular weight is 483 g/mol. The van der Waals surface area contributed by atoms with Crippen molar-refractivity contribution in [2.24, 2.45) is 5.92 Å². The van der Waals surface area contributed by atoms with E-state index in [1.807, 2.05) is 12.1 Å². The van der Waals surface area contributed by atoms with Gasteiger partial charge in [0.1, 0.15) is 5.75 Å². The number of carbonyl (C=O) groups excluding carboxylic acids is 1. The molecule has 1 aliphatic carbocycles. The molecule has 0 spiro atoms. The fourth-order valence-electron chi connectivity index (χ4n) is 5.66. The van der Waals surface area contributed by atoms with Crippen LogP contribution in [0.1, 0.15) is 74.2 Å². The molecule has 4 nitrogen and oxygen atoms in total. The van der Waals surface area contributed by atoms with Crippen molar-refractivity contribution in [1.82, 2.24) is 10.2 Å². The van der Waals surface area contributed by atoms with Crippen LogP contribution < -0.4 is 10.1 Å². The van der Waals surface area contributed by atoms with Crippen molar-refractivity contribution >= 4 is 5.91 Å². The molecule has 1 aliphatic heterocycles. The van der Waals surface area contributed by atoms with E-state index >= 15 is 0 Å². The molecule has 1 saturated heterocycles. The van der Waals surface area contributed by atoms with Crippen LogP contribution in [-0.2, 0) is 16.8 Å². The molecule has 5 rings (SSSR count). The summed E-state index contributed by atoms with van der Waals surface area (Å²) < 4.78 is 5.68. The Morgan fingerprint density at radius 2 is 1.61 bits per heavy atom.